The average molecular weight is 404 g/mol. The molecule has 1 aromatic rings. The van der Waals surface area contributed by atoms with Crippen LogP contribution in [0.25, 0.3) is 0 Å². The second-order valence-corrected chi connectivity index (χ2v) is 9.32. The second-order valence-electron chi connectivity index (χ2n) is 7.64. The molecule has 8 heteroatoms. The van der Waals surface area contributed by atoms with Crippen molar-refractivity contribution in [2.45, 2.75) is 50.5 Å². The number of carbonyl (C=O) groups is 1. The van der Waals surface area contributed by atoms with Crippen molar-refractivity contribution < 1.29 is 13.2 Å². The van der Waals surface area contributed by atoms with Crippen LogP contribution in [-0.4, -0.2) is 39.5 Å². The highest BCUT2D eigenvalue weighted by Crippen LogP contribution is 2.15. The summed E-state index contributed by atoms with van der Waals surface area (Å²) in [6.45, 7) is 8.10. The van der Waals surface area contributed by atoms with Crippen LogP contribution in [0.4, 0.5) is 0 Å². The van der Waals surface area contributed by atoms with Crippen LogP contribution < -0.4 is 15.4 Å². The average Bonchev–Trinajstić information content (AvgIpc) is 2.54. The maximum atomic E-state index is 12.3. The Labute approximate surface area is 163 Å². The van der Waals surface area contributed by atoms with Crippen molar-refractivity contribution >= 4 is 28.3 Å². The molecule has 1 saturated heterocycles. The minimum Gasteiger partial charge on any atom is -0.352 e. The van der Waals surface area contributed by atoms with E-state index in [1.54, 1.807) is 32.9 Å². The second kappa shape index (κ2) is 9.69. The number of hydrogen-bond donors (Lipinski definition) is 3. The summed E-state index contributed by atoms with van der Waals surface area (Å²) in [7, 11) is -3.58. The fourth-order valence-corrected chi connectivity index (χ4v) is 4.33. The van der Waals surface area contributed by atoms with Gasteiger partial charge in [-0.25, -0.2) is 13.1 Å². The zero-order valence-electron chi connectivity index (χ0n) is 15.7. The van der Waals surface area contributed by atoms with E-state index >= 15 is 0 Å². The lowest BCUT2D eigenvalue weighted by Crippen LogP contribution is -2.40. The molecule has 1 fully saturated rings. The van der Waals surface area contributed by atoms with Crippen molar-refractivity contribution in [2.24, 2.45) is 5.92 Å². The third kappa shape index (κ3) is 7.23. The Hall–Kier alpha value is -1.15. The molecule has 1 atom stereocenters. The van der Waals surface area contributed by atoms with Gasteiger partial charge in [0.2, 0.25) is 10.0 Å². The van der Waals surface area contributed by atoms with E-state index in [0.717, 1.165) is 19.5 Å². The summed E-state index contributed by atoms with van der Waals surface area (Å²) in [5.41, 5.74) is -0.0838. The predicted octanol–water partition coefficient (Wildman–Crippen LogP) is 2.30. The highest BCUT2D eigenvalue weighted by molar-refractivity contribution is 7.89. The van der Waals surface area contributed by atoms with Crippen LogP contribution in [0.15, 0.2) is 29.2 Å². The Kier molecular flexibility index (Phi) is 8.53. The van der Waals surface area contributed by atoms with E-state index in [1.165, 1.54) is 25.0 Å². The number of amides is 1. The van der Waals surface area contributed by atoms with Crippen LogP contribution in [0.5, 0.6) is 0 Å². The van der Waals surface area contributed by atoms with Gasteiger partial charge >= 0.3 is 0 Å². The normalized spacial score (nSPS) is 18.0. The molecule has 3 N–H and O–H groups in total. The van der Waals surface area contributed by atoms with Gasteiger partial charge in [0.25, 0.3) is 5.91 Å². The fourth-order valence-electron chi connectivity index (χ4n) is 2.91. The summed E-state index contributed by atoms with van der Waals surface area (Å²) in [5.74, 6) is 0.446. The number of nitrogens with one attached hydrogen (secondary N) is 3. The highest BCUT2D eigenvalue weighted by atomic mass is 35.5. The third-order valence-electron chi connectivity index (χ3n) is 4.10. The van der Waals surface area contributed by atoms with Crippen LogP contribution in [0.2, 0.25) is 0 Å². The van der Waals surface area contributed by atoms with Gasteiger partial charge in [0.05, 0.1) is 4.90 Å². The lowest BCUT2D eigenvalue weighted by Gasteiger charge is -2.22. The molecule has 2 rings (SSSR count). The van der Waals surface area contributed by atoms with Gasteiger partial charge in [-0.1, -0.05) is 0 Å². The number of carbonyl (C=O) groups excluding carboxylic acids is 1. The standard InChI is InChI=1S/C18H29N3O3S.ClH/c1-18(2,3)21-25(23,24)16-8-6-15(7-9-16)17(22)20-12-10-14-5-4-11-19-13-14;/h6-9,14,19,21H,4-5,10-13H2,1-3H3,(H,20,22);1H. The Morgan fingerprint density at radius 1 is 1.23 bits per heavy atom. The van der Waals surface area contributed by atoms with Crippen molar-refractivity contribution in [1.29, 1.82) is 0 Å². The summed E-state index contributed by atoms with van der Waals surface area (Å²) in [6, 6.07) is 6.03. The van der Waals surface area contributed by atoms with Gasteiger partial charge < -0.3 is 10.6 Å². The first-order valence-electron chi connectivity index (χ1n) is 8.80. The molecule has 1 heterocycles. The van der Waals surface area contributed by atoms with E-state index in [0.29, 0.717) is 18.0 Å². The molecule has 0 saturated carbocycles. The molecule has 1 aromatic carbocycles. The molecule has 1 aliphatic rings. The van der Waals surface area contributed by atoms with Crippen molar-refractivity contribution in [1.82, 2.24) is 15.4 Å². The van der Waals surface area contributed by atoms with Crippen molar-refractivity contribution in [3.8, 4) is 0 Å². The van der Waals surface area contributed by atoms with Crippen LogP contribution in [-0.2, 0) is 10.0 Å². The zero-order chi connectivity index (χ0) is 18.5. The van der Waals surface area contributed by atoms with E-state index in [9.17, 15) is 13.2 Å². The smallest absolute Gasteiger partial charge is 0.251 e. The lowest BCUT2D eigenvalue weighted by molar-refractivity contribution is 0.0950. The topological polar surface area (TPSA) is 87.3 Å². The maximum Gasteiger partial charge on any atom is 0.251 e. The fraction of sp³-hybridized carbons (Fsp3) is 0.611. The maximum absolute atomic E-state index is 12.3. The summed E-state index contributed by atoms with van der Waals surface area (Å²) in [5, 5.41) is 6.28. The number of hydrogen-bond acceptors (Lipinski definition) is 4. The van der Waals surface area contributed by atoms with Crippen molar-refractivity contribution in [3.63, 3.8) is 0 Å². The SMILES string of the molecule is CC(C)(C)NS(=O)(=O)c1ccc(C(=O)NCCC2CCCNC2)cc1.Cl. The lowest BCUT2D eigenvalue weighted by atomic mass is 9.96. The molecule has 26 heavy (non-hydrogen) atoms. The molecule has 0 aromatic heterocycles. The van der Waals surface area contributed by atoms with Crippen molar-refractivity contribution in [2.75, 3.05) is 19.6 Å². The van der Waals surface area contributed by atoms with E-state index in [-0.39, 0.29) is 23.2 Å². The van der Waals surface area contributed by atoms with Crippen LogP contribution in [0.3, 0.4) is 0 Å². The van der Waals surface area contributed by atoms with Gasteiger partial charge in [-0.3, -0.25) is 4.79 Å². The molecule has 148 valence electrons. The van der Waals surface area contributed by atoms with Crippen LogP contribution >= 0.6 is 12.4 Å². The summed E-state index contributed by atoms with van der Waals surface area (Å²) < 4.78 is 27.1. The van der Waals surface area contributed by atoms with Gasteiger partial charge in [-0.2, -0.15) is 0 Å². The van der Waals surface area contributed by atoms with Gasteiger partial charge in [0.15, 0.2) is 0 Å². The Morgan fingerprint density at radius 3 is 2.42 bits per heavy atom. The summed E-state index contributed by atoms with van der Waals surface area (Å²) in [4.78, 5) is 12.3. The van der Waals surface area contributed by atoms with E-state index in [1.807, 2.05) is 0 Å². The Balaban J connectivity index is 0.00000338. The molecule has 6 nitrogen and oxygen atoms in total. The van der Waals surface area contributed by atoms with E-state index in [4.69, 9.17) is 0 Å². The van der Waals surface area contributed by atoms with Gasteiger partial charge in [0.1, 0.15) is 0 Å². The van der Waals surface area contributed by atoms with Gasteiger partial charge in [0, 0.05) is 17.6 Å². The minimum absolute atomic E-state index is 0. The third-order valence-corrected chi connectivity index (χ3v) is 5.88. The number of piperidine rings is 1. The predicted molar refractivity (Wildman–Crippen MR) is 106 cm³/mol. The first-order chi connectivity index (χ1) is 11.7. The van der Waals surface area contributed by atoms with Gasteiger partial charge in [-0.15, -0.1) is 12.4 Å². The first-order valence-corrected chi connectivity index (χ1v) is 10.3. The Bertz CT molecular complexity index is 679. The monoisotopic (exact) mass is 403 g/mol. The summed E-state index contributed by atoms with van der Waals surface area (Å²) in [6.07, 6.45) is 3.36. The molecule has 1 unspecified atom stereocenters. The Morgan fingerprint density at radius 2 is 1.88 bits per heavy atom. The van der Waals surface area contributed by atoms with Gasteiger partial charge in [-0.05, 0) is 83.3 Å². The number of benzene rings is 1. The zero-order valence-corrected chi connectivity index (χ0v) is 17.3. The number of halogens is 1. The first kappa shape index (κ1) is 22.9. The molecule has 0 bridgehead atoms. The molecule has 0 spiro atoms. The van der Waals surface area contributed by atoms with Crippen LogP contribution in [0, 0.1) is 5.92 Å². The highest BCUT2D eigenvalue weighted by Gasteiger charge is 2.22. The van der Waals surface area contributed by atoms with E-state index in [2.05, 4.69) is 15.4 Å². The van der Waals surface area contributed by atoms with Crippen LogP contribution in [0.1, 0.15) is 50.4 Å². The molecule has 0 radical (unpaired) electrons. The molecule has 1 aliphatic heterocycles. The van der Waals surface area contributed by atoms with Crippen molar-refractivity contribution in [3.05, 3.63) is 29.8 Å². The minimum atomic E-state index is -3.58. The molecular formula is C18H30ClN3O3S. The quantitative estimate of drug-likeness (QED) is 0.680. The summed E-state index contributed by atoms with van der Waals surface area (Å²) >= 11 is 0. The number of sulfonamides is 1. The molecule has 0 aliphatic carbocycles. The number of rotatable bonds is 6. The molecular weight excluding hydrogens is 374 g/mol. The van der Waals surface area contributed by atoms with E-state index < -0.39 is 15.6 Å². The largest absolute Gasteiger partial charge is 0.352 e. The molecule has 1 amide bonds.